The van der Waals surface area contributed by atoms with E-state index in [2.05, 4.69) is 22.4 Å². The third-order valence-electron chi connectivity index (χ3n) is 3.35. The van der Waals surface area contributed by atoms with E-state index in [1.165, 1.54) is 4.88 Å². The number of nitriles is 1. The Morgan fingerprint density at radius 1 is 1.40 bits per heavy atom. The summed E-state index contributed by atoms with van der Waals surface area (Å²) in [6.07, 6.45) is 0.0641. The third kappa shape index (κ3) is 2.66. The first-order chi connectivity index (χ1) is 9.78. The predicted octanol–water partition coefficient (Wildman–Crippen LogP) is 3.85. The van der Waals surface area contributed by atoms with Crippen LogP contribution in [0.25, 0.3) is 0 Å². The molecule has 2 aromatic rings. The van der Waals surface area contributed by atoms with Crippen LogP contribution in [0.15, 0.2) is 35.7 Å². The van der Waals surface area contributed by atoms with Crippen LogP contribution in [0.2, 0.25) is 5.02 Å². The van der Waals surface area contributed by atoms with Gasteiger partial charge in [-0.3, -0.25) is 0 Å². The molecule has 2 heterocycles. The van der Waals surface area contributed by atoms with Gasteiger partial charge in [0.2, 0.25) is 0 Å². The van der Waals surface area contributed by atoms with Gasteiger partial charge in [-0.15, -0.1) is 11.3 Å². The summed E-state index contributed by atoms with van der Waals surface area (Å²) in [6.45, 7) is 2.17. The lowest BCUT2D eigenvalue weighted by Gasteiger charge is -2.34. The summed E-state index contributed by atoms with van der Waals surface area (Å²) in [4.78, 5) is 3.40. The zero-order valence-corrected chi connectivity index (χ0v) is 12.3. The van der Waals surface area contributed by atoms with Crippen molar-refractivity contribution < 1.29 is 4.74 Å². The van der Waals surface area contributed by atoms with Crippen molar-refractivity contribution in [3.8, 4) is 6.07 Å². The highest BCUT2D eigenvalue weighted by Gasteiger charge is 2.24. The number of morpholine rings is 1. The van der Waals surface area contributed by atoms with Gasteiger partial charge in [0.15, 0.2) is 0 Å². The highest BCUT2D eigenvalue weighted by Crippen LogP contribution is 2.31. The second kappa shape index (κ2) is 5.84. The monoisotopic (exact) mass is 304 g/mol. The molecule has 1 fully saturated rings. The van der Waals surface area contributed by atoms with Crippen molar-refractivity contribution in [2.24, 2.45) is 0 Å². The molecule has 1 unspecified atom stereocenters. The summed E-state index contributed by atoms with van der Waals surface area (Å²) in [5.74, 6) is 0. The van der Waals surface area contributed by atoms with E-state index in [9.17, 15) is 5.26 Å². The Balaban J connectivity index is 1.87. The maximum atomic E-state index is 9.24. The Hall–Kier alpha value is -1.54. The van der Waals surface area contributed by atoms with E-state index in [0.29, 0.717) is 17.2 Å². The third-order valence-corrected chi connectivity index (χ3v) is 4.55. The first kappa shape index (κ1) is 13.4. The lowest BCUT2D eigenvalue weighted by Crippen LogP contribution is -2.38. The molecule has 1 aliphatic heterocycles. The molecule has 0 amide bonds. The van der Waals surface area contributed by atoms with Crippen LogP contribution in [0.1, 0.15) is 16.5 Å². The second-order valence-electron chi connectivity index (χ2n) is 4.59. The summed E-state index contributed by atoms with van der Waals surface area (Å²) < 4.78 is 5.83. The van der Waals surface area contributed by atoms with Gasteiger partial charge in [-0.2, -0.15) is 5.26 Å². The molecular weight excluding hydrogens is 292 g/mol. The molecule has 0 saturated carbocycles. The highest BCUT2D eigenvalue weighted by atomic mass is 35.5. The zero-order valence-electron chi connectivity index (χ0n) is 10.8. The van der Waals surface area contributed by atoms with Gasteiger partial charge in [-0.05, 0) is 29.6 Å². The molecule has 1 atom stereocenters. The van der Waals surface area contributed by atoms with Crippen molar-refractivity contribution in [1.29, 1.82) is 5.26 Å². The molecule has 0 radical (unpaired) electrons. The first-order valence-corrected chi connectivity index (χ1v) is 7.63. The minimum atomic E-state index is 0.0641. The van der Waals surface area contributed by atoms with Gasteiger partial charge in [-0.1, -0.05) is 17.7 Å². The van der Waals surface area contributed by atoms with Crippen molar-refractivity contribution in [3.05, 3.63) is 51.2 Å². The Bertz CT molecular complexity index is 636. The van der Waals surface area contributed by atoms with Crippen molar-refractivity contribution in [2.45, 2.75) is 6.10 Å². The fourth-order valence-electron chi connectivity index (χ4n) is 2.38. The smallest absolute Gasteiger partial charge is 0.109 e. The van der Waals surface area contributed by atoms with Crippen molar-refractivity contribution >= 4 is 28.6 Å². The van der Waals surface area contributed by atoms with Gasteiger partial charge >= 0.3 is 0 Å². The standard InChI is InChI=1S/C15H13ClN2OS/c16-12-4-3-11(9-17)13(8-12)18-5-6-19-14(10-18)15-2-1-7-20-15/h1-4,7-8,14H,5-6,10H2. The van der Waals surface area contributed by atoms with Gasteiger partial charge in [-0.25, -0.2) is 0 Å². The number of rotatable bonds is 2. The van der Waals surface area contributed by atoms with Crippen LogP contribution in [-0.2, 0) is 4.74 Å². The largest absolute Gasteiger partial charge is 0.369 e. The van der Waals surface area contributed by atoms with Crippen LogP contribution < -0.4 is 4.90 Å². The van der Waals surface area contributed by atoms with Crippen molar-refractivity contribution in [3.63, 3.8) is 0 Å². The fourth-order valence-corrected chi connectivity index (χ4v) is 3.31. The number of hydrogen-bond donors (Lipinski definition) is 0. The molecule has 1 aromatic heterocycles. The number of benzene rings is 1. The summed E-state index contributed by atoms with van der Waals surface area (Å²) in [6, 6.07) is 11.7. The topological polar surface area (TPSA) is 36.3 Å². The molecule has 0 aliphatic carbocycles. The summed E-state index contributed by atoms with van der Waals surface area (Å²) in [7, 11) is 0. The molecule has 0 N–H and O–H groups in total. The second-order valence-corrected chi connectivity index (χ2v) is 6.01. The van der Waals surface area contributed by atoms with E-state index in [1.807, 2.05) is 12.1 Å². The lowest BCUT2D eigenvalue weighted by atomic mass is 10.1. The molecule has 0 bridgehead atoms. The minimum absolute atomic E-state index is 0.0641. The van der Waals surface area contributed by atoms with E-state index >= 15 is 0 Å². The Morgan fingerprint density at radius 3 is 3.05 bits per heavy atom. The van der Waals surface area contributed by atoms with E-state index in [0.717, 1.165) is 18.8 Å². The van der Waals surface area contributed by atoms with Gasteiger partial charge in [0.1, 0.15) is 12.2 Å². The molecular formula is C15H13ClN2OS. The number of nitrogens with zero attached hydrogens (tertiary/aromatic N) is 2. The van der Waals surface area contributed by atoms with Gasteiger partial charge in [0.05, 0.1) is 17.9 Å². The van der Waals surface area contributed by atoms with E-state index in [4.69, 9.17) is 16.3 Å². The van der Waals surface area contributed by atoms with E-state index in [1.54, 1.807) is 23.5 Å². The van der Waals surface area contributed by atoms with Crippen LogP contribution >= 0.6 is 22.9 Å². The molecule has 0 spiro atoms. The maximum Gasteiger partial charge on any atom is 0.109 e. The van der Waals surface area contributed by atoms with E-state index in [-0.39, 0.29) is 6.10 Å². The normalized spacial score (nSPS) is 18.8. The molecule has 3 rings (SSSR count). The molecule has 1 aromatic carbocycles. The average Bonchev–Trinajstić information content (AvgIpc) is 3.01. The maximum absolute atomic E-state index is 9.24. The highest BCUT2D eigenvalue weighted by molar-refractivity contribution is 7.10. The molecule has 1 saturated heterocycles. The Morgan fingerprint density at radius 2 is 2.30 bits per heavy atom. The van der Waals surface area contributed by atoms with Crippen LogP contribution in [0.3, 0.4) is 0 Å². The first-order valence-electron chi connectivity index (χ1n) is 6.37. The zero-order chi connectivity index (χ0) is 13.9. The van der Waals surface area contributed by atoms with Gasteiger partial charge in [0.25, 0.3) is 0 Å². The quantitative estimate of drug-likeness (QED) is 0.845. The van der Waals surface area contributed by atoms with Crippen LogP contribution in [0.5, 0.6) is 0 Å². The average molecular weight is 305 g/mol. The minimum Gasteiger partial charge on any atom is -0.369 e. The summed E-state index contributed by atoms with van der Waals surface area (Å²) in [5.41, 5.74) is 1.55. The number of thiophene rings is 1. The van der Waals surface area contributed by atoms with Gasteiger partial charge < -0.3 is 9.64 Å². The Labute approximate surface area is 127 Å². The van der Waals surface area contributed by atoms with Crippen LogP contribution in [0, 0.1) is 11.3 Å². The van der Waals surface area contributed by atoms with Crippen LogP contribution in [0.4, 0.5) is 5.69 Å². The number of anilines is 1. The number of halogens is 1. The number of hydrogen-bond acceptors (Lipinski definition) is 4. The lowest BCUT2D eigenvalue weighted by molar-refractivity contribution is 0.0421. The van der Waals surface area contributed by atoms with Crippen molar-refractivity contribution in [1.82, 2.24) is 0 Å². The molecule has 20 heavy (non-hydrogen) atoms. The summed E-state index contributed by atoms with van der Waals surface area (Å²) in [5, 5.41) is 11.9. The molecule has 3 nitrogen and oxygen atoms in total. The Kier molecular flexibility index (Phi) is 3.93. The van der Waals surface area contributed by atoms with Gasteiger partial charge in [0, 0.05) is 23.0 Å². The molecule has 102 valence electrons. The summed E-state index contributed by atoms with van der Waals surface area (Å²) >= 11 is 7.76. The van der Waals surface area contributed by atoms with E-state index < -0.39 is 0 Å². The SMILES string of the molecule is N#Cc1ccc(Cl)cc1N1CCOC(c2cccs2)C1. The molecule has 1 aliphatic rings. The van der Waals surface area contributed by atoms with Crippen LogP contribution in [-0.4, -0.2) is 19.7 Å². The molecule has 5 heteroatoms. The fraction of sp³-hybridized carbons (Fsp3) is 0.267. The predicted molar refractivity (Wildman–Crippen MR) is 81.4 cm³/mol. The number of ether oxygens (including phenoxy) is 1. The van der Waals surface area contributed by atoms with Crippen molar-refractivity contribution in [2.75, 3.05) is 24.6 Å².